The van der Waals surface area contributed by atoms with Gasteiger partial charge < -0.3 is 10.2 Å². The molecule has 1 aliphatic carbocycles. The van der Waals surface area contributed by atoms with E-state index in [9.17, 15) is 4.79 Å². The molecule has 0 unspecified atom stereocenters. The largest absolute Gasteiger partial charge is 0.339 e. The van der Waals surface area contributed by atoms with E-state index in [1.165, 1.54) is 56.1 Å². The van der Waals surface area contributed by atoms with Crippen LogP contribution in [0.25, 0.3) is 0 Å². The number of hydrogen-bond acceptors (Lipinski definition) is 2. The number of nitrogens with one attached hydrogen (secondary N) is 1. The molecule has 4 rings (SSSR count). The van der Waals surface area contributed by atoms with Crippen LogP contribution in [0, 0.1) is 5.41 Å². The van der Waals surface area contributed by atoms with Crippen molar-refractivity contribution in [2.75, 3.05) is 13.1 Å². The van der Waals surface area contributed by atoms with E-state index < -0.39 is 0 Å². The van der Waals surface area contributed by atoms with E-state index in [4.69, 9.17) is 0 Å². The zero-order valence-corrected chi connectivity index (χ0v) is 14.6. The van der Waals surface area contributed by atoms with Crippen molar-refractivity contribution in [2.24, 2.45) is 5.41 Å². The molecule has 2 fully saturated rings. The summed E-state index contributed by atoms with van der Waals surface area (Å²) >= 11 is 0. The Balaban J connectivity index is 0.00000156. The van der Waals surface area contributed by atoms with Crippen LogP contribution >= 0.6 is 12.4 Å². The number of nitrogens with zero attached hydrogens (tertiary/aromatic N) is 1. The van der Waals surface area contributed by atoms with Crippen LogP contribution in [0.4, 0.5) is 0 Å². The highest BCUT2D eigenvalue weighted by molar-refractivity contribution is 5.94. The highest BCUT2D eigenvalue weighted by Gasteiger charge is 2.36. The first kappa shape index (κ1) is 16.8. The van der Waals surface area contributed by atoms with Gasteiger partial charge in [-0.05, 0) is 54.4 Å². The monoisotopic (exact) mass is 334 g/mol. The van der Waals surface area contributed by atoms with E-state index in [0.29, 0.717) is 5.41 Å². The van der Waals surface area contributed by atoms with Gasteiger partial charge in [0.15, 0.2) is 0 Å². The normalized spacial score (nSPS) is 22.5. The summed E-state index contributed by atoms with van der Waals surface area (Å²) in [5, 5.41) is 3.35. The Morgan fingerprint density at radius 3 is 2.39 bits per heavy atom. The third-order valence-electron chi connectivity index (χ3n) is 6.11. The Kier molecular flexibility index (Phi) is 4.98. The van der Waals surface area contributed by atoms with Crippen LogP contribution in [0.15, 0.2) is 18.2 Å². The lowest BCUT2D eigenvalue weighted by Gasteiger charge is -2.44. The van der Waals surface area contributed by atoms with Gasteiger partial charge in [0.05, 0.1) is 0 Å². The molecule has 0 radical (unpaired) electrons. The average Bonchev–Trinajstić information content (AvgIpc) is 3.03. The minimum atomic E-state index is 0. The highest BCUT2D eigenvalue weighted by Crippen LogP contribution is 2.44. The third kappa shape index (κ3) is 3.27. The molecule has 2 heterocycles. The predicted molar refractivity (Wildman–Crippen MR) is 94.9 cm³/mol. The Morgan fingerprint density at radius 2 is 1.65 bits per heavy atom. The van der Waals surface area contributed by atoms with Gasteiger partial charge in [-0.2, -0.15) is 0 Å². The molecule has 3 aliphatic rings. The molecule has 2 aliphatic heterocycles. The van der Waals surface area contributed by atoms with Crippen molar-refractivity contribution in [3.05, 3.63) is 34.9 Å². The van der Waals surface area contributed by atoms with E-state index >= 15 is 0 Å². The number of carbonyl (C=O) groups excluding carboxylic acids is 1. The fourth-order valence-corrected chi connectivity index (χ4v) is 4.60. The van der Waals surface area contributed by atoms with Crippen LogP contribution in [0.3, 0.4) is 0 Å². The Hall–Kier alpha value is -1.06. The molecule has 1 saturated carbocycles. The highest BCUT2D eigenvalue weighted by atomic mass is 35.5. The SMILES string of the molecule is Cl.O=C(c1ccc2c(c1)CNC2)N1CCC2(CCCCC2)CC1. The van der Waals surface area contributed by atoms with Gasteiger partial charge in [0.1, 0.15) is 0 Å². The van der Waals surface area contributed by atoms with Gasteiger partial charge in [-0.1, -0.05) is 25.3 Å². The zero-order valence-electron chi connectivity index (χ0n) is 13.8. The van der Waals surface area contributed by atoms with Crippen LogP contribution in [-0.2, 0) is 13.1 Å². The second-order valence-corrected chi connectivity index (χ2v) is 7.44. The average molecular weight is 335 g/mol. The van der Waals surface area contributed by atoms with E-state index in [2.05, 4.69) is 22.3 Å². The topological polar surface area (TPSA) is 32.3 Å². The summed E-state index contributed by atoms with van der Waals surface area (Å²) in [4.78, 5) is 14.9. The molecule has 3 nitrogen and oxygen atoms in total. The van der Waals surface area contributed by atoms with E-state index in [0.717, 1.165) is 31.7 Å². The van der Waals surface area contributed by atoms with Crippen molar-refractivity contribution in [3.63, 3.8) is 0 Å². The smallest absolute Gasteiger partial charge is 0.253 e. The molecule has 1 aromatic carbocycles. The minimum absolute atomic E-state index is 0. The lowest BCUT2D eigenvalue weighted by Crippen LogP contribution is -2.43. The standard InChI is InChI=1S/C19H26N2O.ClH/c22-18(15-4-5-16-13-20-14-17(16)12-15)21-10-8-19(9-11-21)6-2-1-3-7-19;/h4-5,12,20H,1-3,6-11,13-14H2;1H. The Morgan fingerprint density at radius 1 is 0.957 bits per heavy atom. The van der Waals surface area contributed by atoms with Gasteiger partial charge >= 0.3 is 0 Å². The van der Waals surface area contributed by atoms with E-state index in [-0.39, 0.29) is 18.3 Å². The molecule has 126 valence electrons. The molecular formula is C19H27ClN2O. The number of amides is 1. The van der Waals surface area contributed by atoms with Gasteiger partial charge in [-0.3, -0.25) is 4.79 Å². The maximum Gasteiger partial charge on any atom is 0.253 e. The molecule has 23 heavy (non-hydrogen) atoms. The molecule has 1 amide bonds. The number of likely N-dealkylation sites (tertiary alicyclic amines) is 1. The number of hydrogen-bond donors (Lipinski definition) is 1. The summed E-state index contributed by atoms with van der Waals surface area (Å²) in [6, 6.07) is 6.23. The summed E-state index contributed by atoms with van der Waals surface area (Å²) < 4.78 is 0. The summed E-state index contributed by atoms with van der Waals surface area (Å²) in [5.74, 6) is 0.236. The zero-order chi connectivity index (χ0) is 15.0. The van der Waals surface area contributed by atoms with Crippen LogP contribution < -0.4 is 5.32 Å². The lowest BCUT2D eigenvalue weighted by molar-refractivity contribution is 0.0472. The Bertz CT molecular complexity index is 571. The molecule has 1 spiro atoms. The molecule has 0 bridgehead atoms. The van der Waals surface area contributed by atoms with Gasteiger partial charge in [0, 0.05) is 31.7 Å². The number of rotatable bonds is 1. The fourth-order valence-electron chi connectivity index (χ4n) is 4.60. The van der Waals surface area contributed by atoms with Crippen molar-refractivity contribution in [2.45, 2.75) is 58.0 Å². The number of carbonyl (C=O) groups is 1. The molecule has 1 N–H and O–H groups in total. The molecule has 0 aromatic heterocycles. The molecule has 1 aromatic rings. The quantitative estimate of drug-likeness (QED) is 0.844. The van der Waals surface area contributed by atoms with Crippen molar-refractivity contribution in [1.29, 1.82) is 0 Å². The van der Waals surface area contributed by atoms with Crippen LogP contribution in [0.5, 0.6) is 0 Å². The maximum absolute atomic E-state index is 12.8. The van der Waals surface area contributed by atoms with Crippen molar-refractivity contribution >= 4 is 18.3 Å². The van der Waals surface area contributed by atoms with Crippen molar-refractivity contribution in [3.8, 4) is 0 Å². The number of halogens is 1. The fraction of sp³-hybridized carbons (Fsp3) is 0.632. The molecule has 4 heteroatoms. The number of benzene rings is 1. The Labute approximate surface area is 145 Å². The second kappa shape index (κ2) is 6.82. The van der Waals surface area contributed by atoms with Crippen LogP contribution in [0.2, 0.25) is 0 Å². The summed E-state index contributed by atoms with van der Waals surface area (Å²) in [6.45, 7) is 3.75. The number of fused-ring (bicyclic) bond motifs is 1. The van der Waals surface area contributed by atoms with Crippen LogP contribution in [0.1, 0.15) is 66.4 Å². The van der Waals surface area contributed by atoms with Crippen molar-refractivity contribution in [1.82, 2.24) is 10.2 Å². The van der Waals surface area contributed by atoms with Gasteiger partial charge in [-0.15, -0.1) is 12.4 Å². The van der Waals surface area contributed by atoms with Gasteiger partial charge in [0.25, 0.3) is 5.91 Å². The predicted octanol–water partition coefficient (Wildman–Crippen LogP) is 3.90. The van der Waals surface area contributed by atoms with E-state index in [1.54, 1.807) is 0 Å². The van der Waals surface area contributed by atoms with Crippen LogP contribution in [-0.4, -0.2) is 23.9 Å². The molecule has 1 saturated heterocycles. The van der Waals surface area contributed by atoms with Gasteiger partial charge in [-0.25, -0.2) is 0 Å². The lowest BCUT2D eigenvalue weighted by atomic mass is 9.68. The number of piperidine rings is 1. The summed E-state index contributed by atoms with van der Waals surface area (Å²) in [6.07, 6.45) is 9.40. The molecular weight excluding hydrogens is 308 g/mol. The second-order valence-electron chi connectivity index (χ2n) is 7.44. The first-order chi connectivity index (χ1) is 10.8. The van der Waals surface area contributed by atoms with E-state index in [1.807, 2.05) is 6.07 Å². The third-order valence-corrected chi connectivity index (χ3v) is 6.11. The van der Waals surface area contributed by atoms with Gasteiger partial charge in [0.2, 0.25) is 0 Å². The minimum Gasteiger partial charge on any atom is -0.339 e. The van der Waals surface area contributed by atoms with Crippen molar-refractivity contribution < 1.29 is 4.79 Å². The summed E-state index contributed by atoms with van der Waals surface area (Å²) in [5.41, 5.74) is 4.08. The summed E-state index contributed by atoms with van der Waals surface area (Å²) in [7, 11) is 0. The first-order valence-electron chi connectivity index (χ1n) is 8.88. The first-order valence-corrected chi connectivity index (χ1v) is 8.88. The maximum atomic E-state index is 12.8. The molecule has 0 atom stereocenters.